The average molecular weight is 583 g/mol. The highest BCUT2D eigenvalue weighted by molar-refractivity contribution is 6.25. The molecule has 226 valence electrons. The standard InChI is InChI=1S/C30H38N4O8/c1-29(2,3)12-34-11-14-10-17(32(4)5)15-8-13-9-16-21(33(6)7)23(36)20(27(31)39)26(38)30(16,41)25(37)18(13)22(35)19(15)24(14)42-28(34)40/h10,13,16,21,36-37,41H,8-9,11-12H2,1-7H3,(H2,31,39). The van der Waals surface area contributed by atoms with Gasteiger partial charge in [-0.25, -0.2) is 4.79 Å². The van der Waals surface area contributed by atoms with Crippen LogP contribution in [0.5, 0.6) is 5.75 Å². The lowest BCUT2D eigenvalue weighted by atomic mass is 9.58. The highest BCUT2D eigenvalue weighted by Crippen LogP contribution is 2.54. The van der Waals surface area contributed by atoms with Crippen LogP contribution in [0.1, 0.15) is 48.7 Å². The second-order valence-electron chi connectivity index (χ2n) is 13.4. The van der Waals surface area contributed by atoms with Crippen molar-refractivity contribution in [3.63, 3.8) is 0 Å². The molecule has 0 saturated carbocycles. The minimum atomic E-state index is -2.68. The van der Waals surface area contributed by atoms with Gasteiger partial charge in [-0.15, -0.1) is 0 Å². The van der Waals surface area contributed by atoms with Crippen LogP contribution < -0.4 is 15.4 Å². The van der Waals surface area contributed by atoms with Gasteiger partial charge in [0.1, 0.15) is 22.8 Å². The molecule has 4 atom stereocenters. The minimum Gasteiger partial charge on any atom is -0.510 e. The zero-order valence-electron chi connectivity index (χ0n) is 24.9. The summed E-state index contributed by atoms with van der Waals surface area (Å²) in [5, 5.41) is 34.4. The summed E-state index contributed by atoms with van der Waals surface area (Å²) in [7, 11) is 6.88. The Morgan fingerprint density at radius 3 is 2.36 bits per heavy atom. The fourth-order valence-electron chi connectivity index (χ4n) is 7.09. The van der Waals surface area contributed by atoms with Crippen molar-refractivity contribution >= 4 is 29.3 Å². The fourth-order valence-corrected chi connectivity index (χ4v) is 7.09. The van der Waals surface area contributed by atoms with Crippen LogP contribution in [0, 0.1) is 17.3 Å². The van der Waals surface area contributed by atoms with Crippen LogP contribution >= 0.6 is 0 Å². The van der Waals surface area contributed by atoms with Crippen molar-refractivity contribution in [2.24, 2.45) is 23.0 Å². The second kappa shape index (κ2) is 9.56. The Kier molecular flexibility index (Phi) is 6.74. The van der Waals surface area contributed by atoms with E-state index in [0.717, 1.165) is 5.69 Å². The van der Waals surface area contributed by atoms with Crippen molar-refractivity contribution in [3.8, 4) is 5.75 Å². The van der Waals surface area contributed by atoms with Gasteiger partial charge in [0.25, 0.3) is 5.91 Å². The molecule has 1 heterocycles. The Balaban J connectivity index is 1.70. The summed E-state index contributed by atoms with van der Waals surface area (Å²) in [4.78, 5) is 58.1. The first-order chi connectivity index (χ1) is 19.4. The van der Waals surface area contributed by atoms with Crippen LogP contribution in [0.15, 0.2) is 28.7 Å². The Morgan fingerprint density at radius 1 is 1.17 bits per heavy atom. The van der Waals surface area contributed by atoms with Crippen LogP contribution in [-0.2, 0) is 22.6 Å². The topological polar surface area (TPSA) is 174 Å². The number of ketones is 2. The predicted octanol–water partition coefficient (Wildman–Crippen LogP) is 1.84. The van der Waals surface area contributed by atoms with Crippen LogP contribution in [0.3, 0.4) is 0 Å². The minimum absolute atomic E-state index is 0.0366. The summed E-state index contributed by atoms with van der Waals surface area (Å²) in [6.07, 6.45) is -0.330. The number of aliphatic hydroxyl groups excluding tert-OH is 2. The molecule has 1 aromatic rings. The zero-order valence-corrected chi connectivity index (χ0v) is 24.9. The number of hydrogen-bond donors (Lipinski definition) is 4. The van der Waals surface area contributed by atoms with E-state index in [0.29, 0.717) is 17.7 Å². The van der Waals surface area contributed by atoms with Gasteiger partial charge in [-0.2, -0.15) is 0 Å². The third kappa shape index (κ3) is 4.18. The van der Waals surface area contributed by atoms with Gasteiger partial charge in [-0.3, -0.25) is 19.3 Å². The summed E-state index contributed by atoms with van der Waals surface area (Å²) >= 11 is 0. The monoisotopic (exact) mass is 582 g/mol. The van der Waals surface area contributed by atoms with E-state index in [4.69, 9.17) is 10.5 Å². The van der Waals surface area contributed by atoms with Crippen molar-refractivity contribution in [3.05, 3.63) is 45.4 Å². The fraction of sp³-hybridized carbons (Fsp3) is 0.533. The van der Waals surface area contributed by atoms with Gasteiger partial charge in [0, 0.05) is 43.4 Å². The lowest BCUT2D eigenvalue weighted by molar-refractivity contribution is -0.148. The van der Waals surface area contributed by atoms with Gasteiger partial charge in [0.15, 0.2) is 11.4 Å². The first-order valence-electron chi connectivity index (χ1n) is 13.9. The molecule has 0 fully saturated rings. The van der Waals surface area contributed by atoms with Crippen LogP contribution in [0.2, 0.25) is 0 Å². The van der Waals surface area contributed by atoms with E-state index in [1.54, 1.807) is 19.0 Å². The molecule has 2 amide bonds. The Hall–Kier alpha value is -3.90. The average Bonchev–Trinajstić information content (AvgIpc) is 2.85. The van der Waals surface area contributed by atoms with Gasteiger partial charge in [-0.05, 0) is 49.9 Å². The Bertz CT molecular complexity index is 1500. The molecule has 4 unspecified atom stereocenters. The number of fused-ring (bicyclic) bond motifs is 5. The third-order valence-corrected chi connectivity index (χ3v) is 8.71. The molecule has 5 N–H and O–H groups in total. The smallest absolute Gasteiger partial charge is 0.415 e. The number of amides is 2. The number of nitrogens with zero attached hydrogens (tertiary/aromatic N) is 3. The van der Waals surface area contributed by atoms with E-state index in [9.17, 15) is 34.5 Å². The van der Waals surface area contributed by atoms with E-state index >= 15 is 0 Å². The first kappa shape index (κ1) is 29.6. The quantitative estimate of drug-likeness (QED) is 0.384. The molecule has 0 radical (unpaired) electrons. The van der Waals surface area contributed by atoms with Gasteiger partial charge < -0.3 is 35.6 Å². The van der Waals surface area contributed by atoms with Gasteiger partial charge in [0.05, 0.1) is 18.2 Å². The number of benzene rings is 1. The van der Waals surface area contributed by atoms with Gasteiger partial charge in [0.2, 0.25) is 5.78 Å². The molecule has 4 aliphatic rings. The molecule has 0 spiro atoms. The normalized spacial score (nSPS) is 27.4. The SMILES string of the molecule is CN(C)c1cc2c(c3c1CC1CC4C(N(C)C)C(O)=C(C(N)=O)C(=O)C4(O)C(O)=C1C3=O)OC(=O)N(CC(C)(C)C)C2. The number of rotatable bonds is 4. The van der Waals surface area contributed by atoms with Crippen LogP contribution in [0.4, 0.5) is 10.5 Å². The van der Waals surface area contributed by atoms with Gasteiger partial charge in [-0.1, -0.05) is 20.8 Å². The molecule has 0 bridgehead atoms. The molecule has 5 rings (SSSR count). The largest absolute Gasteiger partial charge is 0.510 e. The number of anilines is 1. The molecule has 1 aromatic carbocycles. The molecule has 12 heteroatoms. The summed E-state index contributed by atoms with van der Waals surface area (Å²) in [6.45, 7) is 6.63. The molecule has 0 saturated heterocycles. The maximum Gasteiger partial charge on any atom is 0.415 e. The van der Waals surface area contributed by atoms with E-state index in [-0.39, 0.29) is 41.7 Å². The summed E-state index contributed by atoms with van der Waals surface area (Å²) in [5.74, 6) is -6.27. The van der Waals surface area contributed by atoms with Gasteiger partial charge >= 0.3 is 6.09 Å². The number of carbonyl (C=O) groups is 4. The number of likely N-dealkylation sites (N-methyl/N-ethyl adjacent to an activating group) is 1. The molecule has 3 aliphatic carbocycles. The van der Waals surface area contributed by atoms with Crippen molar-refractivity contribution in [1.82, 2.24) is 9.80 Å². The number of Topliss-reactive ketones (excluding diaryl/α,β-unsaturated/α-hetero) is 2. The second-order valence-corrected chi connectivity index (χ2v) is 13.4. The number of ether oxygens (including phenoxy) is 1. The molecule has 0 aromatic heterocycles. The molecular weight excluding hydrogens is 544 g/mol. The summed E-state index contributed by atoms with van der Waals surface area (Å²) < 4.78 is 5.78. The highest BCUT2D eigenvalue weighted by atomic mass is 16.6. The molecule has 12 nitrogen and oxygen atoms in total. The molecule has 1 aliphatic heterocycles. The van der Waals surface area contributed by atoms with Crippen molar-refractivity contribution in [1.29, 1.82) is 0 Å². The number of primary amides is 1. The van der Waals surface area contributed by atoms with Crippen molar-refractivity contribution in [2.45, 2.75) is 51.8 Å². The van der Waals surface area contributed by atoms with Crippen molar-refractivity contribution in [2.75, 3.05) is 39.6 Å². The number of allylic oxidation sites excluding steroid dienone is 1. The number of aliphatic hydroxyl groups is 3. The van der Waals surface area contributed by atoms with E-state index in [1.165, 1.54) is 4.90 Å². The maximum atomic E-state index is 14.3. The lowest BCUT2D eigenvalue weighted by Crippen LogP contribution is -2.63. The van der Waals surface area contributed by atoms with Crippen LogP contribution in [-0.4, -0.2) is 95.1 Å². The number of carbonyl (C=O) groups excluding carboxylic acids is 4. The van der Waals surface area contributed by atoms with E-state index in [1.807, 2.05) is 45.8 Å². The Morgan fingerprint density at radius 2 is 1.81 bits per heavy atom. The van der Waals surface area contributed by atoms with Crippen LogP contribution in [0.25, 0.3) is 0 Å². The Labute approximate surface area is 244 Å². The van der Waals surface area contributed by atoms with E-state index in [2.05, 4.69) is 0 Å². The zero-order chi connectivity index (χ0) is 31.2. The van der Waals surface area contributed by atoms with E-state index < -0.39 is 64.1 Å². The molecule has 42 heavy (non-hydrogen) atoms. The lowest BCUT2D eigenvalue weighted by Gasteiger charge is -2.50. The number of hydrogen-bond acceptors (Lipinski definition) is 10. The maximum absolute atomic E-state index is 14.3. The number of nitrogens with two attached hydrogens (primary N) is 1. The first-order valence-corrected chi connectivity index (χ1v) is 13.9. The van der Waals surface area contributed by atoms with Crippen molar-refractivity contribution < 1.29 is 39.2 Å². The summed E-state index contributed by atoms with van der Waals surface area (Å²) in [6, 6.07) is 0.861. The highest BCUT2D eigenvalue weighted by Gasteiger charge is 2.63. The molecular formula is C30H38N4O8. The third-order valence-electron chi connectivity index (χ3n) is 8.71. The summed E-state index contributed by atoms with van der Waals surface area (Å²) in [5.41, 5.74) is 3.62. The predicted molar refractivity (Wildman–Crippen MR) is 152 cm³/mol.